The number of halogens is 2. The minimum absolute atomic E-state index is 0.00596. The fourth-order valence-corrected chi connectivity index (χ4v) is 4.51. The van der Waals surface area contributed by atoms with Crippen molar-refractivity contribution >= 4 is 38.7 Å². The van der Waals surface area contributed by atoms with E-state index in [0.29, 0.717) is 11.2 Å². The van der Waals surface area contributed by atoms with Gasteiger partial charge in [0.1, 0.15) is 11.5 Å². The van der Waals surface area contributed by atoms with Crippen molar-refractivity contribution in [2.24, 2.45) is 0 Å². The smallest absolute Gasteiger partial charge is 0.408 e. The zero-order chi connectivity index (χ0) is 22.0. The van der Waals surface area contributed by atoms with Gasteiger partial charge in [-0.3, -0.25) is 10.0 Å². The molecule has 0 atom stereocenters. The number of imidazole rings is 1. The van der Waals surface area contributed by atoms with Gasteiger partial charge in [0.15, 0.2) is 17.2 Å². The van der Waals surface area contributed by atoms with Crippen LogP contribution in [0.5, 0.6) is 5.75 Å². The number of hydrogen-bond acceptors (Lipinski definition) is 7. The number of amides is 1. The highest BCUT2D eigenvalue weighted by molar-refractivity contribution is 7.93. The van der Waals surface area contributed by atoms with Crippen molar-refractivity contribution in [3.63, 3.8) is 0 Å². The second-order valence-electron chi connectivity index (χ2n) is 6.70. The quantitative estimate of drug-likeness (QED) is 0.541. The molecule has 1 fully saturated rings. The van der Waals surface area contributed by atoms with Crippen molar-refractivity contribution in [3.8, 4) is 5.75 Å². The summed E-state index contributed by atoms with van der Waals surface area (Å²) < 4.78 is 66.2. The summed E-state index contributed by atoms with van der Waals surface area (Å²) in [7, 11) is -3.93. The Kier molecular flexibility index (Phi) is 5.69. The van der Waals surface area contributed by atoms with E-state index in [0.717, 1.165) is 12.1 Å². The SMILES string of the molecule is O=C(Nc1c(F)ccc(NS(=O)(=O)C2CCOCC2)c1F)Oc1cnc2nc[nH]c2c1. The van der Waals surface area contributed by atoms with E-state index in [1.54, 1.807) is 0 Å². The maximum atomic E-state index is 14.8. The third-order valence-electron chi connectivity index (χ3n) is 4.64. The normalized spacial score (nSPS) is 15.0. The first-order valence-electron chi connectivity index (χ1n) is 9.19. The number of nitrogens with zero attached hydrogens (tertiary/aromatic N) is 2. The van der Waals surface area contributed by atoms with Gasteiger partial charge in [-0.2, -0.15) is 0 Å². The molecule has 1 aromatic carbocycles. The van der Waals surface area contributed by atoms with Gasteiger partial charge in [-0.1, -0.05) is 0 Å². The molecule has 1 saturated heterocycles. The van der Waals surface area contributed by atoms with Gasteiger partial charge in [0, 0.05) is 19.3 Å². The number of carbonyl (C=O) groups is 1. The predicted molar refractivity (Wildman–Crippen MR) is 106 cm³/mol. The Hall–Kier alpha value is -3.32. The minimum atomic E-state index is -3.93. The Bertz CT molecular complexity index is 1230. The lowest BCUT2D eigenvalue weighted by Gasteiger charge is -2.23. The largest absolute Gasteiger partial charge is 0.417 e. The molecule has 1 aliphatic rings. The molecular weight excluding hydrogens is 436 g/mol. The third-order valence-corrected chi connectivity index (χ3v) is 6.49. The van der Waals surface area contributed by atoms with E-state index < -0.39 is 44.4 Å². The molecule has 164 valence electrons. The van der Waals surface area contributed by atoms with Crippen LogP contribution in [-0.2, 0) is 14.8 Å². The van der Waals surface area contributed by atoms with Gasteiger partial charge in [-0.15, -0.1) is 0 Å². The second-order valence-corrected chi connectivity index (χ2v) is 8.66. The summed E-state index contributed by atoms with van der Waals surface area (Å²) in [4.78, 5) is 22.8. The molecule has 0 bridgehead atoms. The van der Waals surface area contributed by atoms with Crippen LogP contribution >= 0.6 is 0 Å². The van der Waals surface area contributed by atoms with Crippen LogP contribution in [-0.4, -0.2) is 47.9 Å². The first-order chi connectivity index (χ1) is 14.8. The number of hydrogen-bond donors (Lipinski definition) is 3. The Morgan fingerprint density at radius 1 is 1.23 bits per heavy atom. The number of H-pyrrole nitrogens is 1. The lowest BCUT2D eigenvalue weighted by molar-refractivity contribution is 0.0984. The molecule has 4 rings (SSSR count). The van der Waals surface area contributed by atoms with Crippen LogP contribution in [0.25, 0.3) is 11.2 Å². The van der Waals surface area contributed by atoms with Gasteiger partial charge in [-0.05, 0) is 25.0 Å². The van der Waals surface area contributed by atoms with Gasteiger partial charge >= 0.3 is 6.09 Å². The fourth-order valence-electron chi connectivity index (χ4n) is 3.07. The number of ether oxygens (including phenoxy) is 2. The number of rotatable bonds is 5. The molecule has 10 nitrogen and oxygen atoms in total. The summed E-state index contributed by atoms with van der Waals surface area (Å²) in [6, 6.07) is 3.20. The zero-order valence-corrected chi connectivity index (χ0v) is 16.7. The van der Waals surface area contributed by atoms with E-state index in [2.05, 4.69) is 19.7 Å². The van der Waals surface area contributed by atoms with Crippen molar-refractivity contribution in [3.05, 3.63) is 42.4 Å². The van der Waals surface area contributed by atoms with Crippen molar-refractivity contribution in [1.29, 1.82) is 0 Å². The highest BCUT2D eigenvalue weighted by Gasteiger charge is 2.29. The Balaban J connectivity index is 1.50. The number of fused-ring (bicyclic) bond motifs is 1. The summed E-state index contributed by atoms with van der Waals surface area (Å²) in [6.45, 7) is 0.546. The van der Waals surface area contributed by atoms with Gasteiger partial charge in [0.05, 0.1) is 29.0 Å². The van der Waals surface area contributed by atoms with Crippen molar-refractivity contribution in [1.82, 2.24) is 15.0 Å². The maximum absolute atomic E-state index is 14.8. The van der Waals surface area contributed by atoms with Crippen molar-refractivity contribution < 1.29 is 31.5 Å². The Morgan fingerprint density at radius 2 is 2.00 bits per heavy atom. The molecular formula is C18H17F2N5O5S. The molecule has 31 heavy (non-hydrogen) atoms. The lowest BCUT2D eigenvalue weighted by atomic mass is 10.2. The first-order valence-corrected chi connectivity index (χ1v) is 10.7. The molecule has 0 aliphatic carbocycles. The van der Waals surface area contributed by atoms with Crippen LogP contribution in [0.15, 0.2) is 30.7 Å². The molecule has 1 aliphatic heterocycles. The van der Waals surface area contributed by atoms with E-state index in [-0.39, 0.29) is 31.8 Å². The highest BCUT2D eigenvalue weighted by atomic mass is 32.2. The first kappa shape index (κ1) is 20.9. The van der Waals surface area contributed by atoms with Crippen molar-refractivity contribution in [2.45, 2.75) is 18.1 Å². The number of anilines is 2. The van der Waals surface area contributed by atoms with E-state index in [4.69, 9.17) is 9.47 Å². The highest BCUT2D eigenvalue weighted by Crippen LogP contribution is 2.28. The van der Waals surface area contributed by atoms with Crippen LogP contribution in [0.2, 0.25) is 0 Å². The summed E-state index contributed by atoms with van der Waals surface area (Å²) in [6.07, 6.45) is 1.93. The molecule has 3 aromatic rings. The van der Waals surface area contributed by atoms with E-state index >= 15 is 0 Å². The average molecular weight is 453 g/mol. The van der Waals surface area contributed by atoms with Gasteiger partial charge < -0.3 is 14.5 Å². The molecule has 0 saturated carbocycles. The number of aromatic nitrogens is 3. The lowest BCUT2D eigenvalue weighted by Crippen LogP contribution is -2.33. The zero-order valence-electron chi connectivity index (χ0n) is 15.9. The fraction of sp³-hybridized carbons (Fsp3) is 0.278. The van der Waals surface area contributed by atoms with Crippen LogP contribution in [0.4, 0.5) is 25.0 Å². The monoisotopic (exact) mass is 453 g/mol. The molecule has 1 amide bonds. The number of sulfonamides is 1. The van der Waals surface area contributed by atoms with E-state index in [1.165, 1.54) is 18.6 Å². The van der Waals surface area contributed by atoms with Gasteiger partial charge in [0.2, 0.25) is 10.0 Å². The van der Waals surface area contributed by atoms with E-state index in [9.17, 15) is 22.0 Å². The minimum Gasteiger partial charge on any atom is -0.408 e. The second kappa shape index (κ2) is 8.43. The average Bonchev–Trinajstić information content (AvgIpc) is 3.22. The third kappa shape index (κ3) is 4.56. The summed E-state index contributed by atoms with van der Waals surface area (Å²) in [5.74, 6) is -2.38. The van der Waals surface area contributed by atoms with Gasteiger partial charge in [-0.25, -0.2) is 32.0 Å². The number of aromatic amines is 1. The number of pyridine rings is 1. The van der Waals surface area contributed by atoms with Crippen molar-refractivity contribution in [2.75, 3.05) is 23.3 Å². The Morgan fingerprint density at radius 3 is 2.77 bits per heavy atom. The van der Waals surface area contributed by atoms with Crippen LogP contribution in [0.1, 0.15) is 12.8 Å². The summed E-state index contributed by atoms with van der Waals surface area (Å²) in [5.41, 5.74) is -0.460. The number of benzene rings is 1. The van der Waals surface area contributed by atoms with Gasteiger partial charge in [0.25, 0.3) is 0 Å². The van der Waals surface area contributed by atoms with Crippen LogP contribution in [0, 0.1) is 11.6 Å². The topological polar surface area (TPSA) is 135 Å². The molecule has 0 spiro atoms. The standard InChI is InChI=1S/C18H17F2N5O5S/c19-12-1-2-13(25-31(27,28)11-3-5-29-6-4-11)15(20)16(12)24-18(26)30-10-7-14-17(21-8-10)23-9-22-14/h1-2,7-9,11,25H,3-6H2,(H,24,26)(H,21,22,23). The predicted octanol–water partition coefficient (Wildman–Crippen LogP) is 2.77. The van der Waals surface area contributed by atoms with Crippen LogP contribution in [0.3, 0.4) is 0 Å². The summed E-state index contributed by atoms with van der Waals surface area (Å²) >= 11 is 0. The molecule has 0 unspecified atom stereocenters. The molecule has 2 aromatic heterocycles. The number of carbonyl (C=O) groups excluding carboxylic acids is 1. The molecule has 3 heterocycles. The maximum Gasteiger partial charge on any atom is 0.417 e. The summed E-state index contributed by atoms with van der Waals surface area (Å²) in [5, 5.41) is 1.19. The van der Waals surface area contributed by atoms with Crippen LogP contribution < -0.4 is 14.8 Å². The van der Waals surface area contributed by atoms with E-state index in [1.807, 2.05) is 5.32 Å². The molecule has 0 radical (unpaired) electrons. The Labute approximate surface area is 175 Å². The molecule has 13 heteroatoms. The number of nitrogens with one attached hydrogen (secondary N) is 3. The molecule has 3 N–H and O–H groups in total.